The molecule has 0 aliphatic carbocycles. The van der Waals surface area contributed by atoms with Gasteiger partial charge in [-0.05, 0) is 32.4 Å². The third-order valence-electron chi connectivity index (χ3n) is 3.11. The van der Waals surface area contributed by atoms with E-state index in [-0.39, 0.29) is 5.84 Å². The fourth-order valence-electron chi connectivity index (χ4n) is 1.76. The molecule has 0 spiro atoms. The highest BCUT2D eigenvalue weighted by Gasteiger charge is 2.16. The van der Waals surface area contributed by atoms with Crippen LogP contribution >= 0.6 is 11.6 Å². The number of pyridine rings is 1. The number of amidine groups is 1. The minimum absolute atomic E-state index is 0.0631. The molecule has 0 aliphatic rings. The zero-order valence-corrected chi connectivity index (χ0v) is 11.6. The molecule has 0 aliphatic heterocycles. The fraction of sp³-hybridized carbons (Fsp3) is 0.250. The van der Waals surface area contributed by atoms with Gasteiger partial charge in [0.15, 0.2) is 11.7 Å². The van der Waals surface area contributed by atoms with Gasteiger partial charge in [-0.25, -0.2) is 9.67 Å². The minimum Gasteiger partial charge on any atom is -0.409 e. The first kappa shape index (κ1) is 13.4. The van der Waals surface area contributed by atoms with Gasteiger partial charge in [0, 0.05) is 17.5 Å². The number of rotatable bonds is 2. The summed E-state index contributed by atoms with van der Waals surface area (Å²) in [5, 5.41) is 16.4. The van der Waals surface area contributed by atoms with Crippen LogP contribution in [0.25, 0.3) is 5.82 Å². The molecule has 19 heavy (non-hydrogen) atoms. The van der Waals surface area contributed by atoms with Gasteiger partial charge in [-0.2, -0.15) is 5.10 Å². The van der Waals surface area contributed by atoms with Gasteiger partial charge >= 0.3 is 0 Å². The van der Waals surface area contributed by atoms with Crippen LogP contribution in [0.2, 0.25) is 5.02 Å². The Morgan fingerprint density at radius 1 is 1.42 bits per heavy atom. The molecule has 6 nitrogen and oxygen atoms in total. The molecule has 0 unspecified atom stereocenters. The van der Waals surface area contributed by atoms with Crippen molar-refractivity contribution in [2.45, 2.75) is 20.8 Å². The van der Waals surface area contributed by atoms with E-state index in [9.17, 15) is 0 Å². The van der Waals surface area contributed by atoms with Crippen molar-refractivity contribution in [2.24, 2.45) is 10.9 Å². The number of aryl methyl sites for hydroxylation is 1. The molecule has 3 N–H and O–H groups in total. The van der Waals surface area contributed by atoms with Gasteiger partial charge in [0.2, 0.25) is 0 Å². The van der Waals surface area contributed by atoms with Gasteiger partial charge < -0.3 is 10.9 Å². The zero-order chi connectivity index (χ0) is 14.2. The summed E-state index contributed by atoms with van der Waals surface area (Å²) in [6, 6.07) is 1.58. The van der Waals surface area contributed by atoms with Gasteiger partial charge in [-0.15, -0.1) is 0 Å². The molecule has 0 aromatic carbocycles. The Labute approximate surface area is 115 Å². The lowest BCUT2D eigenvalue weighted by Crippen LogP contribution is -2.15. The third kappa shape index (κ3) is 2.15. The number of hydrogen-bond donors (Lipinski definition) is 2. The SMILES string of the molecule is Cc1nn(-c2nccc(/C(N)=N/O)c2Cl)c(C)c1C. The topological polar surface area (TPSA) is 89.3 Å². The predicted octanol–water partition coefficient (Wildman–Crippen LogP) is 1.94. The maximum atomic E-state index is 8.74. The van der Waals surface area contributed by atoms with Crippen molar-refractivity contribution >= 4 is 17.4 Å². The Kier molecular flexibility index (Phi) is 3.44. The van der Waals surface area contributed by atoms with Crippen LogP contribution in [0.3, 0.4) is 0 Å². The van der Waals surface area contributed by atoms with Crippen LogP contribution in [-0.4, -0.2) is 25.8 Å². The van der Waals surface area contributed by atoms with Crippen molar-refractivity contribution in [3.63, 3.8) is 0 Å². The Morgan fingerprint density at radius 3 is 2.63 bits per heavy atom. The third-order valence-corrected chi connectivity index (χ3v) is 3.48. The van der Waals surface area contributed by atoms with Gasteiger partial charge in [-0.3, -0.25) is 0 Å². The lowest BCUT2D eigenvalue weighted by atomic mass is 10.2. The number of oxime groups is 1. The Hall–Kier alpha value is -2.08. The van der Waals surface area contributed by atoms with E-state index in [4.69, 9.17) is 22.5 Å². The summed E-state index contributed by atoms with van der Waals surface area (Å²) < 4.78 is 1.65. The molecule has 0 radical (unpaired) electrons. The number of nitrogens with two attached hydrogens (primary N) is 1. The summed E-state index contributed by atoms with van der Waals surface area (Å²) in [4.78, 5) is 4.22. The van der Waals surface area contributed by atoms with Gasteiger partial charge in [0.1, 0.15) is 0 Å². The first-order valence-corrected chi connectivity index (χ1v) is 6.00. The quantitative estimate of drug-likeness (QED) is 0.380. The minimum atomic E-state index is -0.0631. The van der Waals surface area contributed by atoms with E-state index in [1.165, 1.54) is 0 Å². The van der Waals surface area contributed by atoms with E-state index < -0.39 is 0 Å². The molecule has 2 aromatic heterocycles. The van der Waals surface area contributed by atoms with Crippen molar-refractivity contribution in [3.8, 4) is 5.82 Å². The van der Waals surface area contributed by atoms with Crippen molar-refractivity contribution in [3.05, 3.63) is 39.8 Å². The van der Waals surface area contributed by atoms with E-state index in [1.807, 2.05) is 20.8 Å². The van der Waals surface area contributed by atoms with Gasteiger partial charge in [0.05, 0.1) is 10.7 Å². The lowest BCUT2D eigenvalue weighted by molar-refractivity contribution is 0.318. The highest BCUT2D eigenvalue weighted by molar-refractivity contribution is 6.35. The maximum Gasteiger partial charge on any atom is 0.173 e. The van der Waals surface area contributed by atoms with Gasteiger partial charge in [-0.1, -0.05) is 16.8 Å². The summed E-state index contributed by atoms with van der Waals surface area (Å²) >= 11 is 6.26. The molecule has 0 fully saturated rings. The smallest absolute Gasteiger partial charge is 0.173 e. The second-order valence-corrected chi connectivity index (χ2v) is 4.57. The van der Waals surface area contributed by atoms with Crippen LogP contribution in [0.1, 0.15) is 22.5 Å². The van der Waals surface area contributed by atoms with Crippen LogP contribution in [0.5, 0.6) is 0 Å². The van der Waals surface area contributed by atoms with E-state index in [1.54, 1.807) is 16.9 Å². The first-order valence-electron chi connectivity index (χ1n) is 5.63. The molecule has 100 valence electrons. The molecular formula is C12H14ClN5O. The summed E-state index contributed by atoms with van der Waals surface area (Å²) in [7, 11) is 0. The van der Waals surface area contributed by atoms with E-state index in [0.29, 0.717) is 16.4 Å². The van der Waals surface area contributed by atoms with Crippen molar-refractivity contribution in [2.75, 3.05) is 0 Å². The van der Waals surface area contributed by atoms with Crippen LogP contribution in [0, 0.1) is 20.8 Å². The number of hydrogen-bond acceptors (Lipinski definition) is 4. The standard InChI is InChI=1S/C12H14ClN5O/c1-6-7(2)16-18(8(6)3)12-10(13)9(4-5-15-12)11(14)17-19/h4-5,19H,1-3H3,(H2,14,17). The Morgan fingerprint density at radius 2 is 2.11 bits per heavy atom. The monoisotopic (exact) mass is 279 g/mol. The second kappa shape index (κ2) is 4.89. The molecule has 2 rings (SSSR count). The average Bonchev–Trinajstić information content (AvgIpc) is 2.66. The largest absolute Gasteiger partial charge is 0.409 e. The van der Waals surface area contributed by atoms with Crippen LogP contribution in [0.15, 0.2) is 17.4 Å². The molecule has 0 bridgehead atoms. The Balaban J connectivity index is 2.67. The number of nitrogens with zero attached hydrogens (tertiary/aromatic N) is 4. The number of aromatic nitrogens is 3. The van der Waals surface area contributed by atoms with Crippen molar-refractivity contribution in [1.29, 1.82) is 0 Å². The van der Waals surface area contributed by atoms with Gasteiger partial charge in [0.25, 0.3) is 0 Å². The average molecular weight is 280 g/mol. The Bertz CT molecular complexity index is 662. The van der Waals surface area contributed by atoms with E-state index in [2.05, 4.69) is 15.2 Å². The summed E-state index contributed by atoms with van der Waals surface area (Å²) in [6.45, 7) is 5.83. The highest BCUT2D eigenvalue weighted by atomic mass is 35.5. The van der Waals surface area contributed by atoms with E-state index >= 15 is 0 Å². The normalized spacial score (nSPS) is 11.9. The summed E-state index contributed by atoms with van der Waals surface area (Å²) in [6.07, 6.45) is 1.54. The lowest BCUT2D eigenvalue weighted by Gasteiger charge is -2.09. The molecule has 0 atom stereocenters. The summed E-state index contributed by atoms with van der Waals surface area (Å²) in [5.74, 6) is 0.395. The number of halogens is 1. The molecular weight excluding hydrogens is 266 g/mol. The predicted molar refractivity (Wildman–Crippen MR) is 73.1 cm³/mol. The van der Waals surface area contributed by atoms with Crippen LogP contribution in [-0.2, 0) is 0 Å². The van der Waals surface area contributed by atoms with Crippen LogP contribution in [0.4, 0.5) is 0 Å². The fourth-order valence-corrected chi connectivity index (χ4v) is 2.05. The van der Waals surface area contributed by atoms with E-state index in [0.717, 1.165) is 17.0 Å². The molecule has 2 aromatic rings. The van der Waals surface area contributed by atoms with Crippen LogP contribution < -0.4 is 5.73 Å². The molecule has 0 amide bonds. The summed E-state index contributed by atoms with van der Waals surface area (Å²) in [5.41, 5.74) is 8.92. The maximum absolute atomic E-state index is 8.74. The van der Waals surface area contributed by atoms with Crippen molar-refractivity contribution in [1.82, 2.24) is 14.8 Å². The highest BCUT2D eigenvalue weighted by Crippen LogP contribution is 2.24. The second-order valence-electron chi connectivity index (χ2n) is 4.19. The first-order chi connectivity index (χ1) is 8.97. The molecule has 0 saturated heterocycles. The molecule has 2 heterocycles. The molecule has 7 heteroatoms. The zero-order valence-electron chi connectivity index (χ0n) is 10.8. The van der Waals surface area contributed by atoms with Crippen molar-refractivity contribution < 1.29 is 5.21 Å². The molecule has 0 saturated carbocycles.